The van der Waals surface area contributed by atoms with E-state index in [1.165, 1.54) is 0 Å². The standard InChI is InChI=1S/C13H18Cl3NO2/c1-3-13(6-18,7-19)17-8(2)9-4-5-10(14)12(16)11(9)15/h4-5,8,17-19H,3,6-7H2,1-2H3. The van der Waals surface area contributed by atoms with E-state index >= 15 is 0 Å². The van der Waals surface area contributed by atoms with E-state index in [9.17, 15) is 10.2 Å². The van der Waals surface area contributed by atoms with Gasteiger partial charge in [0.05, 0.1) is 33.8 Å². The second-order valence-electron chi connectivity index (χ2n) is 4.58. The van der Waals surface area contributed by atoms with Crippen molar-refractivity contribution in [2.24, 2.45) is 0 Å². The van der Waals surface area contributed by atoms with Crippen LogP contribution in [0.2, 0.25) is 15.1 Å². The second-order valence-corrected chi connectivity index (χ2v) is 5.74. The Morgan fingerprint density at radius 3 is 2.21 bits per heavy atom. The minimum absolute atomic E-state index is 0.163. The number of hydrogen-bond donors (Lipinski definition) is 3. The number of nitrogens with one attached hydrogen (secondary N) is 1. The Morgan fingerprint density at radius 2 is 1.74 bits per heavy atom. The molecule has 0 amide bonds. The SMILES string of the molecule is CCC(CO)(CO)NC(C)c1ccc(Cl)c(Cl)c1Cl. The average Bonchev–Trinajstić information content (AvgIpc) is 2.42. The minimum Gasteiger partial charge on any atom is -0.394 e. The first-order chi connectivity index (χ1) is 8.90. The molecule has 0 saturated carbocycles. The summed E-state index contributed by atoms with van der Waals surface area (Å²) in [5, 5.41) is 23.2. The molecule has 1 aromatic rings. The number of hydrogen-bond acceptors (Lipinski definition) is 3. The maximum atomic E-state index is 9.44. The van der Waals surface area contributed by atoms with Gasteiger partial charge in [0.2, 0.25) is 0 Å². The number of halogens is 3. The summed E-state index contributed by atoms with van der Waals surface area (Å²) in [7, 11) is 0. The molecule has 0 bridgehead atoms. The largest absolute Gasteiger partial charge is 0.394 e. The molecule has 0 aliphatic carbocycles. The second kappa shape index (κ2) is 7.11. The monoisotopic (exact) mass is 325 g/mol. The van der Waals surface area contributed by atoms with Crippen molar-refractivity contribution in [2.75, 3.05) is 13.2 Å². The highest BCUT2D eigenvalue weighted by Gasteiger charge is 2.29. The highest BCUT2D eigenvalue weighted by molar-refractivity contribution is 6.48. The highest BCUT2D eigenvalue weighted by atomic mass is 35.5. The first-order valence-corrected chi connectivity index (χ1v) is 7.17. The molecule has 0 radical (unpaired) electrons. The molecule has 1 unspecified atom stereocenters. The Labute approximate surface area is 128 Å². The fourth-order valence-electron chi connectivity index (χ4n) is 1.88. The van der Waals surface area contributed by atoms with Crippen LogP contribution in [0.1, 0.15) is 31.9 Å². The quantitative estimate of drug-likeness (QED) is 0.702. The van der Waals surface area contributed by atoms with Crippen LogP contribution in [0.25, 0.3) is 0 Å². The Hall–Kier alpha value is -0.0300. The molecule has 1 atom stereocenters. The van der Waals surface area contributed by atoms with E-state index in [0.717, 1.165) is 5.56 Å². The molecule has 1 aromatic carbocycles. The summed E-state index contributed by atoms with van der Waals surface area (Å²) in [5.41, 5.74) is 0.0327. The highest BCUT2D eigenvalue weighted by Crippen LogP contribution is 2.36. The third-order valence-electron chi connectivity index (χ3n) is 3.34. The normalized spacial score (nSPS) is 13.6. The van der Waals surface area contributed by atoms with Crippen molar-refractivity contribution in [1.82, 2.24) is 5.32 Å². The number of rotatable bonds is 6. The molecule has 19 heavy (non-hydrogen) atoms. The van der Waals surface area contributed by atoms with Crippen molar-refractivity contribution in [2.45, 2.75) is 31.8 Å². The molecule has 0 aliphatic heterocycles. The van der Waals surface area contributed by atoms with Crippen LogP contribution in [0.3, 0.4) is 0 Å². The van der Waals surface area contributed by atoms with E-state index in [2.05, 4.69) is 5.32 Å². The maximum Gasteiger partial charge on any atom is 0.0781 e. The van der Waals surface area contributed by atoms with E-state index in [-0.39, 0.29) is 19.3 Å². The van der Waals surface area contributed by atoms with Gasteiger partial charge in [-0.2, -0.15) is 0 Å². The number of benzene rings is 1. The Morgan fingerprint density at radius 1 is 1.16 bits per heavy atom. The van der Waals surface area contributed by atoms with Crippen LogP contribution >= 0.6 is 34.8 Å². The van der Waals surface area contributed by atoms with E-state index in [0.29, 0.717) is 21.5 Å². The van der Waals surface area contributed by atoms with Gasteiger partial charge in [0.1, 0.15) is 0 Å². The van der Waals surface area contributed by atoms with Crippen LogP contribution in [0, 0.1) is 0 Å². The van der Waals surface area contributed by atoms with Gasteiger partial charge in [-0.25, -0.2) is 0 Å². The van der Waals surface area contributed by atoms with Gasteiger partial charge in [0, 0.05) is 6.04 Å². The van der Waals surface area contributed by atoms with Gasteiger partial charge in [-0.1, -0.05) is 47.8 Å². The zero-order chi connectivity index (χ0) is 14.6. The zero-order valence-corrected chi connectivity index (χ0v) is 13.1. The fourth-order valence-corrected chi connectivity index (χ4v) is 2.59. The Bertz CT molecular complexity index is 428. The number of aliphatic hydroxyl groups excluding tert-OH is 2. The molecule has 3 N–H and O–H groups in total. The van der Waals surface area contributed by atoms with Crippen molar-refractivity contribution in [3.8, 4) is 0 Å². The molecule has 3 nitrogen and oxygen atoms in total. The van der Waals surface area contributed by atoms with Gasteiger partial charge in [-0.05, 0) is 25.0 Å². The predicted molar refractivity (Wildman–Crippen MR) is 80.2 cm³/mol. The Balaban J connectivity index is 3.01. The molecule has 6 heteroatoms. The molecule has 108 valence electrons. The van der Waals surface area contributed by atoms with Gasteiger partial charge < -0.3 is 15.5 Å². The molecular formula is C13H18Cl3NO2. The predicted octanol–water partition coefficient (Wildman–Crippen LogP) is 3.43. The molecule has 0 heterocycles. The molecule has 1 rings (SSSR count). The summed E-state index contributed by atoms with van der Waals surface area (Å²) in [6.07, 6.45) is 0.587. The van der Waals surface area contributed by atoms with Crippen molar-refractivity contribution in [1.29, 1.82) is 0 Å². The lowest BCUT2D eigenvalue weighted by atomic mass is 9.95. The van der Waals surface area contributed by atoms with Gasteiger partial charge in [-0.15, -0.1) is 0 Å². The summed E-state index contributed by atoms with van der Waals surface area (Å²) in [6.45, 7) is 3.45. The van der Waals surface area contributed by atoms with E-state index in [1.54, 1.807) is 12.1 Å². The van der Waals surface area contributed by atoms with Gasteiger partial charge in [0.15, 0.2) is 0 Å². The van der Waals surface area contributed by atoms with Crippen LogP contribution < -0.4 is 5.32 Å². The summed E-state index contributed by atoms with van der Waals surface area (Å²) in [5.74, 6) is 0. The molecular weight excluding hydrogens is 309 g/mol. The third-order valence-corrected chi connectivity index (χ3v) is 4.64. The van der Waals surface area contributed by atoms with Gasteiger partial charge in [-0.3, -0.25) is 0 Å². The van der Waals surface area contributed by atoms with E-state index in [4.69, 9.17) is 34.8 Å². The van der Waals surface area contributed by atoms with Crippen LogP contribution in [-0.4, -0.2) is 29.0 Å². The smallest absolute Gasteiger partial charge is 0.0781 e. The summed E-state index contributed by atoms with van der Waals surface area (Å²) < 4.78 is 0. The van der Waals surface area contributed by atoms with Crippen LogP contribution in [0.4, 0.5) is 0 Å². The molecule has 0 aromatic heterocycles. The topological polar surface area (TPSA) is 52.5 Å². The van der Waals surface area contributed by atoms with Crippen molar-refractivity contribution in [3.05, 3.63) is 32.8 Å². The van der Waals surface area contributed by atoms with Gasteiger partial charge >= 0.3 is 0 Å². The van der Waals surface area contributed by atoms with Crippen molar-refractivity contribution in [3.63, 3.8) is 0 Å². The lowest BCUT2D eigenvalue weighted by Gasteiger charge is -2.33. The van der Waals surface area contributed by atoms with Gasteiger partial charge in [0.25, 0.3) is 0 Å². The number of aliphatic hydroxyl groups is 2. The summed E-state index contributed by atoms with van der Waals surface area (Å²) >= 11 is 18.1. The molecule has 0 saturated heterocycles. The maximum absolute atomic E-state index is 9.44. The lowest BCUT2D eigenvalue weighted by Crippen LogP contribution is -2.52. The van der Waals surface area contributed by atoms with Crippen molar-refractivity contribution >= 4 is 34.8 Å². The van der Waals surface area contributed by atoms with E-state index < -0.39 is 5.54 Å². The summed E-state index contributed by atoms with van der Waals surface area (Å²) in [4.78, 5) is 0. The van der Waals surface area contributed by atoms with E-state index in [1.807, 2.05) is 13.8 Å². The zero-order valence-electron chi connectivity index (χ0n) is 10.9. The first kappa shape index (κ1) is 17.0. The summed E-state index contributed by atoms with van der Waals surface area (Å²) in [6, 6.07) is 3.28. The fraction of sp³-hybridized carbons (Fsp3) is 0.538. The molecule has 0 aliphatic rings. The van der Waals surface area contributed by atoms with Crippen LogP contribution in [-0.2, 0) is 0 Å². The van der Waals surface area contributed by atoms with Crippen LogP contribution in [0.15, 0.2) is 12.1 Å². The average molecular weight is 327 g/mol. The third kappa shape index (κ3) is 3.75. The van der Waals surface area contributed by atoms with Crippen molar-refractivity contribution < 1.29 is 10.2 Å². The first-order valence-electron chi connectivity index (χ1n) is 6.03. The lowest BCUT2D eigenvalue weighted by molar-refractivity contribution is 0.0793. The molecule has 0 fully saturated rings. The Kier molecular flexibility index (Phi) is 6.37. The molecule has 0 spiro atoms. The minimum atomic E-state index is -0.741. The van der Waals surface area contributed by atoms with Crippen LogP contribution in [0.5, 0.6) is 0 Å².